The molecule has 20 heavy (non-hydrogen) atoms. The number of hydrogen-bond acceptors (Lipinski definition) is 2. The van der Waals surface area contributed by atoms with Gasteiger partial charge in [-0.05, 0) is 55.3 Å². The van der Waals surface area contributed by atoms with Crippen LogP contribution >= 0.6 is 15.9 Å². The predicted octanol–water partition coefficient (Wildman–Crippen LogP) is 4.36. The van der Waals surface area contributed by atoms with E-state index in [1.807, 2.05) is 19.2 Å². The lowest BCUT2D eigenvalue weighted by molar-refractivity contribution is 0.302. The van der Waals surface area contributed by atoms with Gasteiger partial charge in [0.2, 0.25) is 0 Å². The summed E-state index contributed by atoms with van der Waals surface area (Å²) in [4.78, 5) is 0. The van der Waals surface area contributed by atoms with E-state index >= 15 is 0 Å². The van der Waals surface area contributed by atoms with Crippen molar-refractivity contribution in [1.29, 1.82) is 0 Å². The first-order valence-electron chi connectivity index (χ1n) is 6.72. The molecule has 0 fully saturated rings. The zero-order valence-electron chi connectivity index (χ0n) is 12.2. The first-order chi connectivity index (χ1) is 9.60. The van der Waals surface area contributed by atoms with Crippen molar-refractivity contribution in [3.05, 3.63) is 63.1 Å². The van der Waals surface area contributed by atoms with Crippen LogP contribution in [0.25, 0.3) is 0 Å². The molecule has 3 heteroatoms. The molecule has 0 aliphatic heterocycles. The van der Waals surface area contributed by atoms with Gasteiger partial charge in [0, 0.05) is 11.0 Å². The van der Waals surface area contributed by atoms with Gasteiger partial charge in [-0.1, -0.05) is 40.2 Å². The van der Waals surface area contributed by atoms with Gasteiger partial charge < -0.3 is 10.1 Å². The first-order valence-corrected chi connectivity index (χ1v) is 7.51. The summed E-state index contributed by atoms with van der Waals surface area (Å²) in [7, 11) is 1.96. The van der Waals surface area contributed by atoms with Crippen molar-refractivity contribution in [3.8, 4) is 5.75 Å². The molecule has 2 aromatic carbocycles. The van der Waals surface area contributed by atoms with Crippen molar-refractivity contribution in [1.82, 2.24) is 5.32 Å². The number of rotatable bonds is 5. The zero-order valence-corrected chi connectivity index (χ0v) is 13.8. The highest BCUT2D eigenvalue weighted by Gasteiger charge is 2.06. The van der Waals surface area contributed by atoms with E-state index in [9.17, 15) is 0 Å². The molecule has 2 nitrogen and oxygen atoms in total. The van der Waals surface area contributed by atoms with Gasteiger partial charge >= 0.3 is 0 Å². The van der Waals surface area contributed by atoms with Gasteiger partial charge in [-0.25, -0.2) is 0 Å². The molecule has 0 amide bonds. The molecule has 0 spiro atoms. The van der Waals surface area contributed by atoms with Gasteiger partial charge in [-0.15, -0.1) is 0 Å². The molecule has 2 rings (SSSR count). The van der Waals surface area contributed by atoms with E-state index in [0.717, 1.165) is 16.8 Å². The van der Waals surface area contributed by atoms with Crippen molar-refractivity contribution in [2.45, 2.75) is 27.0 Å². The molecule has 0 aliphatic rings. The van der Waals surface area contributed by atoms with E-state index in [1.165, 1.54) is 22.3 Å². The van der Waals surface area contributed by atoms with Crippen molar-refractivity contribution >= 4 is 15.9 Å². The topological polar surface area (TPSA) is 21.3 Å². The molecule has 1 N–H and O–H groups in total. The van der Waals surface area contributed by atoms with Gasteiger partial charge in [0.05, 0.1) is 0 Å². The Morgan fingerprint density at radius 2 is 1.60 bits per heavy atom. The van der Waals surface area contributed by atoms with Gasteiger partial charge in [0.25, 0.3) is 0 Å². The second-order valence-corrected chi connectivity index (χ2v) is 5.92. The van der Waals surface area contributed by atoms with E-state index in [4.69, 9.17) is 4.74 Å². The SMILES string of the molecule is CNCc1cc(C)c(OCc2ccc(Br)cc2)c(C)c1. The average Bonchev–Trinajstić information content (AvgIpc) is 2.40. The third-order valence-corrected chi connectivity index (χ3v) is 3.73. The largest absolute Gasteiger partial charge is 0.488 e. The van der Waals surface area contributed by atoms with Crippen LogP contribution in [0.5, 0.6) is 5.75 Å². The summed E-state index contributed by atoms with van der Waals surface area (Å²) in [6.07, 6.45) is 0. The van der Waals surface area contributed by atoms with Crippen LogP contribution in [-0.4, -0.2) is 7.05 Å². The summed E-state index contributed by atoms with van der Waals surface area (Å²) >= 11 is 3.44. The lowest BCUT2D eigenvalue weighted by Gasteiger charge is -2.14. The highest BCUT2D eigenvalue weighted by molar-refractivity contribution is 9.10. The summed E-state index contributed by atoms with van der Waals surface area (Å²) in [5.41, 5.74) is 4.84. The minimum atomic E-state index is 0.598. The maximum absolute atomic E-state index is 5.99. The van der Waals surface area contributed by atoms with Crippen LogP contribution in [0, 0.1) is 13.8 Å². The Bertz CT molecular complexity index is 555. The molecule has 0 unspecified atom stereocenters. The van der Waals surface area contributed by atoms with E-state index in [1.54, 1.807) is 0 Å². The van der Waals surface area contributed by atoms with Gasteiger partial charge in [-0.2, -0.15) is 0 Å². The van der Waals surface area contributed by atoms with Crippen molar-refractivity contribution in [3.63, 3.8) is 0 Å². The fourth-order valence-corrected chi connectivity index (χ4v) is 2.57. The molecule has 0 heterocycles. The number of hydrogen-bond donors (Lipinski definition) is 1. The standard InChI is InChI=1S/C17H20BrNO/c1-12-8-15(10-19-3)9-13(2)17(12)20-11-14-4-6-16(18)7-5-14/h4-9,19H,10-11H2,1-3H3. The third kappa shape index (κ3) is 3.84. The Kier molecular flexibility index (Phi) is 5.21. The number of aryl methyl sites for hydroxylation is 2. The maximum atomic E-state index is 5.99. The van der Waals surface area contributed by atoms with Crippen LogP contribution in [0.1, 0.15) is 22.3 Å². The Morgan fingerprint density at radius 1 is 1.00 bits per heavy atom. The highest BCUT2D eigenvalue weighted by atomic mass is 79.9. The first kappa shape index (κ1) is 15.1. The second-order valence-electron chi connectivity index (χ2n) is 5.00. The van der Waals surface area contributed by atoms with Crippen molar-refractivity contribution in [2.75, 3.05) is 7.05 Å². The average molecular weight is 334 g/mol. The molecule has 0 aromatic heterocycles. The summed E-state index contributed by atoms with van der Waals surface area (Å²) < 4.78 is 7.08. The molecule has 0 radical (unpaired) electrons. The summed E-state index contributed by atoms with van der Waals surface area (Å²) in [6, 6.07) is 12.6. The fourth-order valence-electron chi connectivity index (χ4n) is 2.31. The summed E-state index contributed by atoms with van der Waals surface area (Å²) in [5, 5.41) is 3.18. The number of halogens is 1. The maximum Gasteiger partial charge on any atom is 0.125 e. The van der Waals surface area contributed by atoms with Crippen molar-refractivity contribution < 1.29 is 4.74 Å². The Balaban J connectivity index is 2.11. The smallest absolute Gasteiger partial charge is 0.125 e. The highest BCUT2D eigenvalue weighted by Crippen LogP contribution is 2.26. The number of ether oxygens (including phenoxy) is 1. The summed E-state index contributed by atoms with van der Waals surface area (Å²) in [5.74, 6) is 0.993. The molecular weight excluding hydrogens is 314 g/mol. The lowest BCUT2D eigenvalue weighted by atomic mass is 10.1. The molecule has 0 saturated carbocycles. The molecule has 106 valence electrons. The predicted molar refractivity (Wildman–Crippen MR) is 87.2 cm³/mol. The van der Waals surface area contributed by atoms with Crippen LogP contribution in [0.2, 0.25) is 0 Å². The number of nitrogens with one attached hydrogen (secondary N) is 1. The quantitative estimate of drug-likeness (QED) is 0.877. The molecular formula is C17H20BrNO. The van der Waals surface area contributed by atoms with Gasteiger partial charge in [0.15, 0.2) is 0 Å². The number of benzene rings is 2. The van der Waals surface area contributed by atoms with Gasteiger partial charge in [-0.3, -0.25) is 0 Å². The third-order valence-electron chi connectivity index (χ3n) is 3.20. The molecule has 0 bridgehead atoms. The Hall–Kier alpha value is -1.32. The summed E-state index contributed by atoms with van der Waals surface area (Å²) in [6.45, 7) is 5.68. The van der Waals surface area contributed by atoms with Crippen LogP contribution in [0.4, 0.5) is 0 Å². The minimum Gasteiger partial charge on any atom is -0.488 e. The van der Waals surface area contributed by atoms with E-state index in [-0.39, 0.29) is 0 Å². The molecule has 2 aromatic rings. The van der Waals surface area contributed by atoms with Crippen LogP contribution in [0.3, 0.4) is 0 Å². The molecule has 0 aliphatic carbocycles. The van der Waals surface area contributed by atoms with E-state index in [0.29, 0.717) is 6.61 Å². The zero-order chi connectivity index (χ0) is 14.5. The van der Waals surface area contributed by atoms with Crippen LogP contribution < -0.4 is 10.1 Å². The molecule has 0 saturated heterocycles. The van der Waals surface area contributed by atoms with Gasteiger partial charge in [0.1, 0.15) is 12.4 Å². The second kappa shape index (κ2) is 6.91. The Morgan fingerprint density at radius 3 is 2.15 bits per heavy atom. The van der Waals surface area contributed by atoms with Crippen LogP contribution in [0.15, 0.2) is 40.9 Å². The Labute approximate surface area is 129 Å². The fraction of sp³-hybridized carbons (Fsp3) is 0.294. The molecule has 0 atom stereocenters. The van der Waals surface area contributed by atoms with E-state index < -0.39 is 0 Å². The monoisotopic (exact) mass is 333 g/mol. The normalized spacial score (nSPS) is 10.6. The minimum absolute atomic E-state index is 0.598. The lowest BCUT2D eigenvalue weighted by Crippen LogP contribution is -2.06. The van der Waals surface area contributed by atoms with Crippen molar-refractivity contribution in [2.24, 2.45) is 0 Å². The van der Waals surface area contributed by atoms with E-state index in [2.05, 4.69) is 59.4 Å². The van der Waals surface area contributed by atoms with Crippen LogP contribution in [-0.2, 0) is 13.2 Å².